The molecule has 20 heavy (non-hydrogen) atoms. The van der Waals surface area contributed by atoms with Crippen LogP contribution in [0.2, 0.25) is 0 Å². The lowest BCUT2D eigenvalue weighted by Gasteiger charge is -2.15. The number of rotatable bonds is 3. The Bertz CT molecular complexity index is 523. The van der Waals surface area contributed by atoms with E-state index >= 15 is 0 Å². The second-order valence-electron chi connectivity index (χ2n) is 3.38. The molecule has 11 heteroatoms. The molecule has 0 aliphatic carbocycles. The van der Waals surface area contributed by atoms with Crippen LogP contribution in [0.5, 0.6) is 5.75 Å². The van der Waals surface area contributed by atoms with Gasteiger partial charge in [-0.05, 0) is 0 Å². The van der Waals surface area contributed by atoms with Crippen molar-refractivity contribution in [1.82, 2.24) is 4.98 Å². The molecule has 1 aromatic heterocycles. The van der Waals surface area contributed by atoms with E-state index in [1.807, 2.05) is 0 Å². The van der Waals surface area contributed by atoms with Gasteiger partial charge in [-0.15, -0.1) is 13.2 Å². The van der Waals surface area contributed by atoms with E-state index in [0.717, 1.165) is 0 Å². The summed E-state index contributed by atoms with van der Waals surface area (Å²) in [6.07, 6.45) is -12.2. The van der Waals surface area contributed by atoms with Gasteiger partial charge in [0, 0.05) is 5.56 Å². The smallest absolute Gasteiger partial charge is 0.481 e. The average Bonchev–Trinajstić information content (AvgIpc) is 2.19. The molecule has 0 fully saturated rings. The zero-order valence-electron chi connectivity index (χ0n) is 9.14. The van der Waals surface area contributed by atoms with E-state index in [1.54, 1.807) is 0 Å². The lowest BCUT2D eigenvalue weighted by Crippen LogP contribution is -2.21. The van der Waals surface area contributed by atoms with E-state index in [-0.39, 0.29) is 6.20 Å². The maximum Gasteiger partial charge on any atom is 0.573 e. The van der Waals surface area contributed by atoms with Crippen molar-refractivity contribution in [3.8, 4) is 5.75 Å². The van der Waals surface area contributed by atoms with Crippen LogP contribution in [0.25, 0.3) is 0 Å². The van der Waals surface area contributed by atoms with E-state index in [4.69, 9.17) is 5.11 Å². The van der Waals surface area contributed by atoms with Gasteiger partial charge >= 0.3 is 18.5 Å². The second kappa shape index (κ2) is 5.13. The molecule has 0 saturated carbocycles. The molecule has 0 radical (unpaired) electrons. The highest BCUT2D eigenvalue weighted by Crippen LogP contribution is 2.35. The third-order valence-corrected chi connectivity index (χ3v) is 1.90. The van der Waals surface area contributed by atoms with E-state index in [1.165, 1.54) is 0 Å². The molecule has 0 amide bonds. The highest BCUT2D eigenvalue weighted by molar-refractivity contribution is 5.71. The molecule has 0 aliphatic rings. The van der Waals surface area contributed by atoms with Gasteiger partial charge in [0.25, 0.3) is 0 Å². The van der Waals surface area contributed by atoms with Gasteiger partial charge in [-0.1, -0.05) is 0 Å². The van der Waals surface area contributed by atoms with Gasteiger partial charge in [-0.25, -0.2) is 9.37 Å². The number of carbonyl (C=O) groups is 1. The summed E-state index contributed by atoms with van der Waals surface area (Å²) in [4.78, 5) is 13.0. The van der Waals surface area contributed by atoms with Crippen molar-refractivity contribution in [2.24, 2.45) is 0 Å². The predicted molar refractivity (Wildman–Crippen MR) is 47.2 cm³/mol. The summed E-state index contributed by atoms with van der Waals surface area (Å²) in [5.41, 5.74) is -3.46. The molecular weight excluding hydrogens is 303 g/mol. The SMILES string of the molecule is O=C(O)Cc1c(C(F)(F)F)ncc(OC(F)(F)F)c1F. The molecule has 0 spiro atoms. The fourth-order valence-corrected chi connectivity index (χ4v) is 1.26. The number of carboxylic acids is 1. The van der Waals surface area contributed by atoms with Gasteiger partial charge in [0.1, 0.15) is 0 Å². The molecule has 1 rings (SSSR count). The number of ether oxygens (including phenoxy) is 1. The maximum absolute atomic E-state index is 13.5. The predicted octanol–water partition coefficient (Wildman–Crippen LogP) is 2.77. The van der Waals surface area contributed by atoms with Crippen LogP contribution < -0.4 is 4.74 Å². The molecule has 0 aromatic carbocycles. The Hall–Kier alpha value is -2.07. The fourth-order valence-electron chi connectivity index (χ4n) is 1.26. The molecule has 112 valence electrons. The lowest BCUT2D eigenvalue weighted by atomic mass is 10.1. The van der Waals surface area contributed by atoms with Crippen LogP contribution in [0.1, 0.15) is 11.3 Å². The first-order valence-corrected chi connectivity index (χ1v) is 4.64. The molecule has 1 heterocycles. The highest BCUT2D eigenvalue weighted by atomic mass is 19.4. The lowest BCUT2D eigenvalue weighted by molar-refractivity contribution is -0.275. The number of carboxylic acid groups (broad SMARTS) is 1. The second-order valence-corrected chi connectivity index (χ2v) is 3.38. The molecule has 0 atom stereocenters. The topological polar surface area (TPSA) is 59.4 Å². The Labute approximate surface area is 105 Å². The number of alkyl halides is 6. The standard InChI is InChI=1S/C9H4F7NO3/c10-6-3(1-5(18)19)7(8(11,12)13)17-2-4(6)20-9(14,15)16/h2H,1H2,(H,18,19). The molecule has 0 unspecified atom stereocenters. The first-order chi connectivity index (χ1) is 8.92. The Kier molecular flexibility index (Phi) is 4.10. The number of hydrogen-bond donors (Lipinski definition) is 1. The van der Waals surface area contributed by atoms with Crippen LogP contribution in [-0.4, -0.2) is 22.4 Å². The summed E-state index contributed by atoms with van der Waals surface area (Å²) in [6.45, 7) is 0. The molecular formula is C9H4F7NO3. The minimum Gasteiger partial charge on any atom is -0.481 e. The van der Waals surface area contributed by atoms with E-state index < -0.39 is 47.8 Å². The third kappa shape index (κ3) is 3.96. The Morgan fingerprint density at radius 1 is 1.25 bits per heavy atom. The van der Waals surface area contributed by atoms with Crippen LogP contribution in [0.3, 0.4) is 0 Å². The van der Waals surface area contributed by atoms with Crippen molar-refractivity contribution < 1.29 is 45.4 Å². The minimum atomic E-state index is -5.36. The Balaban J connectivity index is 3.39. The number of nitrogens with zero attached hydrogens (tertiary/aromatic N) is 1. The fraction of sp³-hybridized carbons (Fsp3) is 0.333. The summed E-state index contributed by atoms with van der Waals surface area (Å²) in [6, 6.07) is 0. The first-order valence-electron chi connectivity index (χ1n) is 4.64. The Morgan fingerprint density at radius 3 is 2.20 bits per heavy atom. The summed E-state index contributed by atoms with van der Waals surface area (Å²) in [5.74, 6) is -5.59. The summed E-state index contributed by atoms with van der Waals surface area (Å²) in [7, 11) is 0. The van der Waals surface area contributed by atoms with Crippen molar-refractivity contribution in [2.45, 2.75) is 19.0 Å². The van der Waals surface area contributed by atoms with Gasteiger partial charge in [0.15, 0.2) is 17.3 Å². The van der Waals surface area contributed by atoms with Gasteiger partial charge in [-0.2, -0.15) is 13.2 Å². The average molecular weight is 307 g/mol. The van der Waals surface area contributed by atoms with Crippen LogP contribution in [0, 0.1) is 5.82 Å². The highest BCUT2D eigenvalue weighted by Gasteiger charge is 2.40. The number of aromatic nitrogens is 1. The van der Waals surface area contributed by atoms with Gasteiger partial charge in [0.05, 0.1) is 12.6 Å². The largest absolute Gasteiger partial charge is 0.573 e. The third-order valence-electron chi connectivity index (χ3n) is 1.90. The van der Waals surface area contributed by atoms with E-state index in [9.17, 15) is 35.5 Å². The Morgan fingerprint density at radius 2 is 1.80 bits per heavy atom. The van der Waals surface area contributed by atoms with Crippen LogP contribution in [0.15, 0.2) is 6.20 Å². The molecule has 0 bridgehead atoms. The van der Waals surface area contributed by atoms with Crippen molar-refractivity contribution in [3.63, 3.8) is 0 Å². The van der Waals surface area contributed by atoms with Gasteiger partial charge < -0.3 is 9.84 Å². The number of aliphatic carboxylic acids is 1. The van der Waals surface area contributed by atoms with Gasteiger partial charge in [-0.3, -0.25) is 4.79 Å². The summed E-state index contributed by atoms with van der Waals surface area (Å²) < 4.78 is 89.7. The summed E-state index contributed by atoms with van der Waals surface area (Å²) >= 11 is 0. The number of halogens is 7. The molecule has 0 aliphatic heterocycles. The first kappa shape index (κ1) is 16.0. The zero-order chi connectivity index (χ0) is 15.7. The van der Waals surface area contributed by atoms with Crippen molar-refractivity contribution in [3.05, 3.63) is 23.3 Å². The summed E-state index contributed by atoms with van der Waals surface area (Å²) in [5, 5.41) is 8.38. The van der Waals surface area contributed by atoms with Crippen molar-refractivity contribution in [2.75, 3.05) is 0 Å². The van der Waals surface area contributed by atoms with E-state index in [2.05, 4.69) is 9.72 Å². The van der Waals surface area contributed by atoms with Crippen LogP contribution in [0.4, 0.5) is 30.7 Å². The van der Waals surface area contributed by atoms with Crippen molar-refractivity contribution >= 4 is 5.97 Å². The molecule has 1 aromatic rings. The van der Waals surface area contributed by atoms with Crippen LogP contribution in [-0.2, 0) is 17.4 Å². The normalized spacial score (nSPS) is 12.3. The molecule has 4 nitrogen and oxygen atoms in total. The van der Waals surface area contributed by atoms with E-state index in [0.29, 0.717) is 0 Å². The molecule has 1 N–H and O–H groups in total. The van der Waals surface area contributed by atoms with Crippen molar-refractivity contribution in [1.29, 1.82) is 0 Å². The number of hydrogen-bond acceptors (Lipinski definition) is 3. The minimum absolute atomic E-state index is 0.114. The maximum atomic E-state index is 13.5. The number of pyridine rings is 1. The van der Waals surface area contributed by atoms with Crippen LogP contribution >= 0.6 is 0 Å². The molecule has 0 saturated heterocycles. The monoisotopic (exact) mass is 307 g/mol. The zero-order valence-corrected chi connectivity index (χ0v) is 9.14. The quantitative estimate of drug-likeness (QED) is 0.872. The van der Waals surface area contributed by atoms with Gasteiger partial charge in [0.2, 0.25) is 0 Å².